The number of carbonyl (C=O) groups is 2. The van der Waals surface area contributed by atoms with Crippen LogP contribution in [0.1, 0.15) is 33.3 Å². The lowest BCUT2D eigenvalue weighted by Crippen LogP contribution is -2.40. The minimum atomic E-state index is -4.05. The monoisotopic (exact) mass is 476 g/mol. The molecule has 3 aromatic rings. The van der Waals surface area contributed by atoms with Gasteiger partial charge in [0.25, 0.3) is 5.91 Å². The molecule has 0 aliphatic rings. The molecule has 1 amide bonds. The number of esters is 1. The Hall–Kier alpha value is -2.89. The van der Waals surface area contributed by atoms with Gasteiger partial charge in [-0.15, -0.1) is 0 Å². The highest BCUT2D eigenvalue weighted by Crippen LogP contribution is 2.23. The molecule has 2 aromatic carbocycles. The van der Waals surface area contributed by atoms with Crippen molar-refractivity contribution < 1.29 is 22.7 Å². The third kappa shape index (κ3) is 5.67. The summed E-state index contributed by atoms with van der Waals surface area (Å²) in [6.45, 7) is 7.05. The first-order valence-electron chi connectivity index (χ1n) is 9.78. The third-order valence-electron chi connectivity index (χ3n) is 4.60. The van der Waals surface area contributed by atoms with Crippen molar-refractivity contribution in [1.29, 1.82) is 0 Å². The first-order chi connectivity index (χ1) is 15.0. The fourth-order valence-electron chi connectivity index (χ4n) is 2.85. The van der Waals surface area contributed by atoms with Gasteiger partial charge in [-0.3, -0.25) is 9.59 Å². The number of ether oxygens (including phenoxy) is 1. The summed E-state index contributed by atoms with van der Waals surface area (Å²) in [5, 5.41) is 2.64. The summed E-state index contributed by atoms with van der Waals surface area (Å²) in [6.07, 6.45) is 0. The fraction of sp³-hybridized carbons (Fsp3) is 0.333. The SMILES string of the molecule is C[C@@H](NS(=O)(=O)c1cccc2nsnc12)C(=O)OCC(=O)Nc1ccc(C(C)(C)C)cc1. The largest absolute Gasteiger partial charge is 0.454 e. The van der Waals surface area contributed by atoms with Crippen LogP contribution < -0.4 is 10.0 Å². The van der Waals surface area contributed by atoms with E-state index in [-0.39, 0.29) is 15.8 Å². The Labute approximate surface area is 190 Å². The summed E-state index contributed by atoms with van der Waals surface area (Å²) in [7, 11) is -4.05. The number of hydrogen-bond acceptors (Lipinski definition) is 8. The number of anilines is 1. The van der Waals surface area contributed by atoms with Crippen molar-refractivity contribution in [3.05, 3.63) is 48.0 Å². The van der Waals surface area contributed by atoms with Crippen LogP contribution in [0.15, 0.2) is 47.4 Å². The van der Waals surface area contributed by atoms with Crippen molar-refractivity contribution in [2.24, 2.45) is 0 Å². The molecule has 0 aliphatic carbocycles. The van der Waals surface area contributed by atoms with Crippen molar-refractivity contribution in [2.75, 3.05) is 11.9 Å². The molecule has 170 valence electrons. The van der Waals surface area contributed by atoms with E-state index < -0.39 is 34.5 Å². The first kappa shape index (κ1) is 23.8. The maximum atomic E-state index is 12.7. The van der Waals surface area contributed by atoms with Crippen molar-refractivity contribution in [3.8, 4) is 0 Å². The molecule has 0 fully saturated rings. The zero-order chi connectivity index (χ0) is 23.5. The van der Waals surface area contributed by atoms with E-state index in [0.29, 0.717) is 11.2 Å². The number of rotatable bonds is 7. The molecule has 0 bridgehead atoms. The second-order valence-corrected chi connectivity index (χ2v) is 10.4. The standard InChI is InChI=1S/C21H24N4O5S2/c1-13(25-32(28,29)17-7-5-6-16-19(17)24-31-23-16)20(27)30-12-18(26)22-15-10-8-14(9-11-15)21(2,3)4/h5-11,13,25H,12H2,1-4H3,(H,22,26)/t13-/m1/s1. The summed E-state index contributed by atoms with van der Waals surface area (Å²) >= 11 is 0.894. The van der Waals surface area contributed by atoms with Crippen molar-refractivity contribution in [3.63, 3.8) is 0 Å². The lowest BCUT2D eigenvalue weighted by atomic mass is 9.87. The van der Waals surface area contributed by atoms with E-state index in [1.54, 1.807) is 24.3 Å². The molecular weight excluding hydrogens is 452 g/mol. The third-order valence-corrected chi connectivity index (χ3v) is 6.72. The van der Waals surface area contributed by atoms with Crippen molar-refractivity contribution in [2.45, 2.75) is 44.0 Å². The van der Waals surface area contributed by atoms with Crippen molar-refractivity contribution in [1.82, 2.24) is 13.5 Å². The number of nitrogens with zero attached hydrogens (tertiary/aromatic N) is 2. The van der Waals surface area contributed by atoms with Gasteiger partial charge in [-0.05, 0) is 42.2 Å². The molecule has 32 heavy (non-hydrogen) atoms. The molecule has 2 N–H and O–H groups in total. The molecule has 0 saturated heterocycles. The van der Waals surface area contributed by atoms with Crippen LogP contribution in [-0.2, 0) is 29.8 Å². The van der Waals surface area contributed by atoms with E-state index in [0.717, 1.165) is 17.3 Å². The van der Waals surface area contributed by atoms with Crippen LogP contribution in [0.4, 0.5) is 5.69 Å². The van der Waals surface area contributed by atoms with Gasteiger partial charge < -0.3 is 10.1 Å². The summed E-state index contributed by atoms with van der Waals surface area (Å²) in [6, 6.07) is 10.7. The van der Waals surface area contributed by atoms with Gasteiger partial charge in [0.05, 0.1) is 11.7 Å². The lowest BCUT2D eigenvalue weighted by Gasteiger charge is -2.19. The Morgan fingerprint density at radius 3 is 2.44 bits per heavy atom. The van der Waals surface area contributed by atoms with Crippen LogP contribution >= 0.6 is 11.7 Å². The molecule has 0 aliphatic heterocycles. The van der Waals surface area contributed by atoms with Gasteiger partial charge in [0.2, 0.25) is 10.0 Å². The zero-order valence-electron chi connectivity index (χ0n) is 18.1. The van der Waals surface area contributed by atoms with Gasteiger partial charge in [0.15, 0.2) is 6.61 Å². The predicted molar refractivity (Wildman–Crippen MR) is 122 cm³/mol. The molecule has 1 heterocycles. The fourth-order valence-corrected chi connectivity index (χ4v) is 4.81. The predicted octanol–water partition coefficient (Wildman–Crippen LogP) is 2.84. The van der Waals surface area contributed by atoms with E-state index in [1.807, 2.05) is 12.1 Å². The van der Waals surface area contributed by atoms with Gasteiger partial charge in [-0.25, -0.2) is 8.42 Å². The molecule has 1 aromatic heterocycles. The van der Waals surface area contributed by atoms with E-state index in [4.69, 9.17) is 4.74 Å². The summed E-state index contributed by atoms with van der Waals surface area (Å²) < 4.78 is 40.6. The Morgan fingerprint density at radius 2 is 1.78 bits per heavy atom. The van der Waals surface area contributed by atoms with Crippen molar-refractivity contribution >= 4 is 50.3 Å². The second-order valence-electron chi connectivity index (χ2n) is 8.21. The van der Waals surface area contributed by atoms with Gasteiger partial charge in [-0.1, -0.05) is 39.0 Å². The smallest absolute Gasteiger partial charge is 0.324 e. The van der Waals surface area contributed by atoms with E-state index in [1.165, 1.54) is 13.0 Å². The molecule has 0 unspecified atom stereocenters. The van der Waals surface area contributed by atoms with Gasteiger partial charge in [0.1, 0.15) is 22.0 Å². The average Bonchev–Trinajstić information content (AvgIpc) is 3.20. The molecule has 1 atom stereocenters. The number of hydrogen-bond donors (Lipinski definition) is 2. The lowest BCUT2D eigenvalue weighted by molar-refractivity contribution is -0.148. The van der Waals surface area contributed by atoms with Crippen LogP contribution in [0.25, 0.3) is 11.0 Å². The van der Waals surface area contributed by atoms with Gasteiger partial charge in [-0.2, -0.15) is 13.5 Å². The maximum absolute atomic E-state index is 12.7. The maximum Gasteiger partial charge on any atom is 0.324 e. The van der Waals surface area contributed by atoms with Crippen LogP contribution in [0.5, 0.6) is 0 Å². The highest BCUT2D eigenvalue weighted by atomic mass is 32.2. The number of sulfonamides is 1. The van der Waals surface area contributed by atoms with Crippen LogP contribution in [0, 0.1) is 0 Å². The highest BCUT2D eigenvalue weighted by Gasteiger charge is 2.26. The number of carbonyl (C=O) groups excluding carboxylic acids is 2. The molecular formula is C21H24N4O5S2. The first-order valence-corrected chi connectivity index (χ1v) is 12.0. The molecule has 0 saturated carbocycles. The summed E-state index contributed by atoms with van der Waals surface area (Å²) in [5.41, 5.74) is 2.34. The number of amides is 1. The Kier molecular flexibility index (Phi) is 6.91. The number of fused-ring (bicyclic) bond motifs is 1. The summed E-state index contributed by atoms with van der Waals surface area (Å²) in [4.78, 5) is 24.2. The minimum absolute atomic E-state index is 0.0108. The molecule has 0 radical (unpaired) electrons. The normalized spacial score (nSPS) is 13.0. The second kappa shape index (κ2) is 9.31. The van der Waals surface area contributed by atoms with Crippen LogP contribution in [-0.4, -0.2) is 41.7 Å². The Morgan fingerprint density at radius 1 is 1.09 bits per heavy atom. The average molecular weight is 477 g/mol. The molecule has 3 rings (SSSR count). The highest BCUT2D eigenvalue weighted by molar-refractivity contribution is 7.89. The quantitative estimate of drug-likeness (QED) is 0.502. The zero-order valence-corrected chi connectivity index (χ0v) is 19.7. The molecule has 11 heteroatoms. The van der Waals surface area contributed by atoms with Crippen LogP contribution in [0.2, 0.25) is 0 Å². The summed E-state index contributed by atoms with van der Waals surface area (Å²) in [5.74, 6) is -1.41. The van der Waals surface area contributed by atoms with E-state index in [2.05, 4.69) is 39.6 Å². The van der Waals surface area contributed by atoms with E-state index in [9.17, 15) is 18.0 Å². The van der Waals surface area contributed by atoms with E-state index >= 15 is 0 Å². The number of aromatic nitrogens is 2. The minimum Gasteiger partial charge on any atom is -0.454 e. The molecule has 0 spiro atoms. The number of nitrogens with one attached hydrogen (secondary N) is 2. The van der Waals surface area contributed by atoms with Gasteiger partial charge in [0, 0.05) is 5.69 Å². The Balaban J connectivity index is 1.55. The number of benzene rings is 2. The topological polar surface area (TPSA) is 127 Å². The molecule has 9 nitrogen and oxygen atoms in total. The van der Waals surface area contributed by atoms with Crippen LogP contribution in [0.3, 0.4) is 0 Å². The Bertz CT molecular complexity index is 1230. The van der Waals surface area contributed by atoms with Gasteiger partial charge >= 0.3 is 5.97 Å².